The van der Waals surface area contributed by atoms with Gasteiger partial charge in [-0.25, -0.2) is 0 Å². The Kier molecular flexibility index (Phi) is 5.10. The Hall–Kier alpha value is -3.76. The van der Waals surface area contributed by atoms with E-state index in [9.17, 15) is 14.7 Å². The molecular weight excluding hydrogens is 410 g/mol. The van der Waals surface area contributed by atoms with E-state index in [4.69, 9.17) is 0 Å². The maximum atomic E-state index is 13.6. The third-order valence-corrected chi connectivity index (χ3v) is 6.57. The highest BCUT2D eigenvalue weighted by atomic mass is 16.3. The van der Waals surface area contributed by atoms with E-state index in [1.54, 1.807) is 23.1 Å². The van der Waals surface area contributed by atoms with Crippen LogP contribution in [-0.4, -0.2) is 16.8 Å². The quantitative estimate of drug-likeness (QED) is 0.423. The second-order valence-corrected chi connectivity index (χ2v) is 8.83. The maximum absolute atomic E-state index is 13.6. The minimum Gasteiger partial charge on any atom is -0.375 e. The summed E-state index contributed by atoms with van der Waals surface area (Å²) in [5, 5.41) is 13.4. The molecule has 1 atom stereocenters. The van der Waals surface area contributed by atoms with Gasteiger partial charge in [-0.1, -0.05) is 84.4 Å². The van der Waals surface area contributed by atoms with E-state index in [0.717, 1.165) is 27.5 Å². The highest BCUT2D eigenvalue weighted by molar-refractivity contribution is 6.13. The van der Waals surface area contributed by atoms with E-state index >= 15 is 0 Å². The summed E-state index contributed by atoms with van der Waals surface area (Å²) in [6, 6.07) is 26.5. The molecule has 0 aromatic heterocycles. The topological polar surface area (TPSA) is 57.6 Å². The third kappa shape index (κ3) is 3.53. The number of ketones is 1. The third-order valence-electron chi connectivity index (χ3n) is 6.57. The van der Waals surface area contributed by atoms with Crippen molar-refractivity contribution in [2.45, 2.75) is 32.4 Å². The first-order valence-corrected chi connectivity index (χ1v) is 11.1. The van der Waals surface area contributed by atoms with Gasteiger partial charge in [-0.15, -0.1) is 0 Å². The van der Waals surface area contributed by atoms with E-state index in [2.05, 4.69) is 6.07 Å². The van der Waals surface area contributed by atoms with Crippen LogP contribution in [0, 0.1) is 13.8 Å². The smallest absolute Gasteiger partial charge is 0.264 e. The molecule has 1 heterocycles. The predicted molar refractivity (Wildman–Crippen MR) is 130 cm³/mol. The van der Waals surface area contributed by atoms with Gasteiger partial charge in [0.25, 0.3) is 5.91 Å². The van der Waals surface area contributed by atoms with Crippen LogP contribution in [0.1, 0.15) is 39.0 Å². The first kappa shape index (κ1) is 21.1. The molecule has 4 aromatic carbocycles. The summed E-state index contributed by atoms with van der Waals surface area (Å²) in [7, 11) is 0. The fraction of sp³-hybridized carbons (Fsp3) is 0.172. The van der Waals surface area contributed by atoms with Crippen LogP contribution in [0.25, 0.3) is 10.8 Å². The Morgan fingerprint density at radius 3 is 2.45 bits per heavy atom. The summed E-state index contributed by atoms with van der Waals surface area (Å²) in [6.45, 7) is 4.39. The standard InChI is InChI=1S/C29H25NO3/c1-19-14-15-22(20(2)16-19)18-30-26-13-6-5-12-25(26)29(33,28(30)32)17-27(31)24-11-7-9-21-8-3-4-10-23(21)24/h3-16,33H,17-18H2,1-2H3. The highest BCUT2D eigenvalue weighted by Crippen LogP contribution is 2.44. The maximum Gasteiger partial charge on any atom is 0.264 e. The van der Waals surface area contributed by atoms with Gasteiger partial charge in [0.05, 0.1) is 18.7 Å². The van der Waals surface area contributed by atoms with Crippen LogP contribution < -0.4 is 4.90 Å². The van der Waals surface area contributed by atoms with Crippen LogP contribution in [0.3, 0.4) is 0 Å². The highest BCUT2D eigenvalue weighted by Gasteiger charge is 2.50. The minimum absolute atomic E-state index is 0.259. The molecule has 1 amide bonds. The van der Waals surface area contributed by atoms with Crippen molar-refractivity contribution in [3.8, 4) is 0 Å². The van der Waals surface area contributed by atoms with E-state index in [1.165, 1.54) is 0 Å². The Morgan fingerprint density at radius 1 is 0.909 bits per heavy atom. The molecule has 33 heavy (non-hydrogen) atoms. The van der Waals surface area contributed by atoms with Crippen molar-refractivity contribution in [1.82, 2.24) is 0 Å². The van der Waals surface area contributed by atoms with Gasteiger partial charge in [-0.05, 0) is 41.8 Å². The Labute approximate surface area is 193 Å². The zero-order valence-corrected chi connectivity index (χ0v) is 18.7. The normalized spacial score (nSPS) is 17.4. The average molecular weight is 436 g/mol. The molecule has 0 bridgehead atoms. The second kappa shape index (κ2) is 7.98. The summed E-state index contributed by atoms with van der Waals surface area (Å²) in [4.78, 5) is 28.6. The molecule has 1 aliphatic heterocycles. The van der Waals surface area contributed by atoms with Crippen LogP contribution in [0.4, 0.5) is 5.69 Å². The molecule has 1 aliphatic rings. The van der Waals surface area contributed by atoms with Gasteiger partial charge in [-0.2, -0.15) is 0 Å². The number of benzene rings is 4. The molecule has 0 aliphatic carbocycles. The van der Waals surface area contributed by atoms with Gasteiger partial charge in [0.15, 0.2) is 11.4 Å². The molecule has 164 valence electrons. The zero-order valence-electron chi connectivity index (χ0n) is 18.7. The van der Waals surface area contributed by atoms with Crippen LogP contribution in [0.15, 0.2) is 84.9 Å². The molecule has 5 rings (SSSR count). The Balaban J connectivity index is 1.52. The number of anilines is 1. The number of fused-ring (bicyclic) bond motifs is 2. The lowest BCUT2D eigenvalue weighted by Crippen LogP contribution is -2.41. The second-order valence-electron chi connectivity index (χ2n) is 8.83. The molecule has 0 fully saturated rings. The largest absolute Gasteiger partial charge is 0.375 e. The first-order chi connectivity index (χ1) is 15.9. The number of Topliss-reactive ketones (excluding diaryl/α,β-unsaturated/α-hetero) is 1. The molecule has 4 heteroatoms. The summed E-state index contributed by atoms with van der Waals surface area (Å²) >= 11 is 0. The van der Waals surface area contributed by atoms with Crippen LogP contribution >= 0.6 is 0 Å². The van der Waals surface area contributed by atoms with Crippen molar-refractivity contribution in [2.75, 3.05) is 4.90 Å². The SMILES string of the molecule is Cc1ccc(CN2C(=O)C(O)(CC(=O)c3cccc4ccccc34)c3ccccc32)c(C)c1. The van der Waals surface area contributed by atoms with E-state index in [0.29, 0.717) is 23.4 Å². The Morgan fingerprint density at radius 2 is 1.64 bits per heavy atom. The molecule has 1 unspecified atom stereocenters. The summed E-state index contributed by atoms with van der Waals surface area (Å²) in [5.74, 6) is -0.719. The lowest BCUT2D eigenvalue weighted by atomic mass is 9.87. The number of hydrogen-bond acceptors (Lipinski definition) is 3. The lowest BCUT2D eigenvalue weighted by molar-refractivity contribution is -0.136. The molecule has 4 nitrogen and oxygen atoms in total. The van der Waals surface area contributed by atoms with E-state index in [-0.39, 0.29) is 12.2 Å². The molecule has 1 N–H and O–H groups in total. The van der Waals surface area contributed by atoms with Crippen molar-refractivity contribution >= 4 is 28.2 Å². The number of amides is 1. The number of aryl methyl sites for hydroxylation is 2. The average Bonchev–Trinajstić information content (AvgIpc) is 3.02. The van der Waals surface area contributed by atoms with Crippen molar-refractivity contribution in [3.05, 3.63) is 113 Å². The van der Waals surface area contributed by atoms with Gasteiger partial charge in [0.1, 0.15) is 0 Å². The number of aliphatic hydroxyl groups is 1. The molecular formula is C29H25NO3. The van der Waals surface area contributed by atoms with Crippen LogP contribution in [-0.2, 0) is 16.9 Å². The first-order valence-electron chi connectivity index (χ1n) is 11.1. The summed E-state index contributed by atoms with van der Waals surface area (Å²) < 4.78 is 0. The minimum atomic E-state index is -1.90. The van der Waals surface area contributed by atoms with Gasteiger partial charge >= 0.3 is 0 Å². The van der Waals surface area contributed by atoms with Crippen molar-refractivity contribution in [1.29, 1.82) is 0 Å². The van der Waals surface area contributed by atoms with Gasteiger partial charge < -0.3 is 10.0 Å². The monoisotopic (exact) mass is 435 g/mol. The summed E-state index contributed by atoms with van der Waals surface area (Å²) in [5.41, 5.74) is 2.99. The molecule has 0 spiro atoms. The van der Waals surface area contributed by atoms with Gasteiger partial charge in [0, 0.05) is 11.1 Å². The number of rotatable bonds is 5. The summed E-state index contributed by atoms with van der Waals surface area (Å²) in [6.07, 6.45) is -0.305. The van der Waals surface area contributed by atoms with Gasteiger partial charge in [-0.3, -0.25) is 9.59 Å². The number of nitrogens with zero attached hydrogens (tertiary/aromatic N) is 1. The molecule has 0 radical (unpaired) electrons. The molecule has 0 saturated heterocycles. The van der Waals surface area contributed by atoms with Crippen molar-refractivity contribution in [2.24, 2.45) is 0 Å². The van der Waals surface area contributed by atoms with E-state index in [1.807, 2.05) is 74.5 Å². The van der Waals surface area contributed by atoms with Crippen molar-refractivity contribution < 1.29 is 14.7 Å². The fourth-order valence-corrected chi connectivity index (χ4v) is 4.82. The van der Waals surface area contributed by atoms with Crippen LogP contribution in [0.2, 0.25) is 0 Å². The lowest BCUT2D eigenvalue weighted by Gasteiger charge is -2.23. The number of hydrogen-bond donors (Lipinski definition) is 1. The van der Waals surface area contributed by atoms with Crippen LogP contribution in [0.5, 0.6) is 0 Å². The van der Waals surface area contributed by atoms with Crippen molar-refractivity contribution in [3.63, 3.8) is 0 Å². The van der Waals surface area contributed by atoms with Gasteiger partial charge in [0.2, 0.25) is 0 Å². The number of para-hydroxylation sites is 1. The number of carbonyl (C=O) groups excluding carboxylic acids is 2. The Bertz CT molecular complexity index is 1400. The zero-order chi connectivity index (χ0) is 23.2. The predicted octanol–water partition coefficient (Wildman–Crippen LogP) is 5.46. The number of carbonyl (C=O) groups is 2. The molecule has 0 saturated carbocycles. The fourth-order valence-electron chi connectivity index (χ4n) is 4.82. The molecule has 4 aromatic rings. The van der Waals surface area contributed by atoms with E-state index < -0.39 is 11.5 Å².